The van der Waals surface area contributed by atoms with Crippen LogP contribution in [-0.2, 0) is 11.3 Å². The van der Waals surface area contributed by atoms with Crippen molar-refractivity contribution in [3.63, 3.8) is 0 Å². The highest BCUT2D eigenvalue weighted by Gasteiger charge is 2.28. The molecule has 0 radical (unpaired) electrons. The lowest BCUT2D eigenvalue weighted by Gasteiger charge is -2.26. The van der Waals surface area contributed by atoms with Crippen LogP contribution >= 0.6 is 0 Å². The van der Waals surface area contributed by atoms with Gasteiger partial charge in [-0.15, -0.1) is 0 Å². The summed E-state index contributed by atoms with van der Waals surface area (Å²) < 4.78 is 26.5. The van der Waals surface area contributed by atoms with Crippen molar-refractivity contribution in [1.29, 1.82) is 0 Å². The van der Waals surface area contributed by atoms with Gasteiger partial charge in [0.25, 0.3) is 5.91 Å². The predicted molar refractivity (Wildman–Crippen MR) is 154 cm³/mol. The standard InChI is InChI=1S/C32H34FN3O5/c1-4-34-32(39)30-29(22-8-9-23(26(33)15-22)18-36-10-12-40-13-11-36)31(41-35-30)25-16-24(27(37)17-28(25)38)21-7-5-6-20(14-21)19(2)3/h5-9,14-17,19,37-38H,4,10-13,18H2,1-3H3,(H,34,39). The van der Waals surface area contributed by atoms with Crippen LogP contribution in [0.2, 0.25) is 0 Å². The number of carbonyl (C=O) groups excluding carboxylic acids is 1. The van der Waals surface area contributed by atoms with Crippen molar-refractivity contribution in [3.05, 3.63) is 77.2 Å². The molecule has 1 aliphatic rings. The number of hydrogen-bond donors (Lipinski definition) is 3. The highest BCUT2D eigenvalue weighted by molar-refractivity contribution is 6.03. The second kappa shape index (κ2) is 12.1. The van der Waals surface area contributed by atoms with Crippen LogP contribution in [0.4, 0.5) is 4.39 Å². The third kappa shape index (κ3) is 5.96. The zero-order valence-corrected chi connectivity index (χ0v) is 23.4. The van der Waals surface area contributed by atoms with Gasteiger partial charge in [0.15, 0.2) is 11.5 Å². The number of nitrogens with one attached hydrogen (secondary N) is 1. The van der Waals surface area contributed by atoms with Crippen molar-refractivity contribution in [2.75, 3.05) is 32.8 Å². The molecule has 0 bridgehead atoms. The van der Waals surface area contributed by atoms with Gasteiger partial charge in [-0.05, 0) is 41.7 Å². The lowest BCUT2D eigenvalue weighted by Crippen LogP contribution is -2.35. The minimum absolute atomic E-state index is 0.0296. The number of phenolic OH excluding ortho intramolecular Hbond substituents is 2. The third-order valence-electron chi connectivity index (χ3n) is 7.31. The van der Waals surface area contributed by atoms with Gasteiger partial charge in [0.1, 0.15) is 17.3 Å². The Kier molecular flexibility index (Phi) is 8.37. The topological polar surface area (TPSA) is 108 Å². The first-order chi connectivity index (χ1) is 19.8. The molecule has 0 saturated carbocycles. The van der Waals surface area contributed by atoms with E-state index in [1.54, 1.807) is 25.1 Å². The number of ether oxygens (including phenoxy) is 1. The van der Waals surface area contributed by atoms with E-state index < -0.39 is 11.7 Å². The van der Waals surface area contributed by atoms with Crippen molar-refractivity contribution < 1.29 is 28.7 Å². The first-order valence-corrected chi connectivity index (χ1v) is 13.8. The predicted octanol–water partition coefficient (Wildman–Crippen LogP) is 5.93. The molecule has 5 rings (SSSR count). The summed E-state index contributed by atoms with van der Waals surface area (Å²) in [6.07, 6.45) is 0. The Labute approximate surface area is 238 Å². The van der Waals surface area contributed by atoms with E-state index in [4.69, 9.17) is 9.26 Å². The van der Waals surface area contributed by atoms with E-state index in [-0.39, 0.29) is 40.0 Å². The molecule has 0 unspecified atom stereocenters. The van der Waals surface area contributed by atoms with E-state index in [1.165, 1.54) is 12.1 Å². The van der Waals surface area contributed by atoms with E-state index in [0.29, 0.717) is 43.0 Å². The number of aromatic nitrogens is 1. The number of morpholine rings is 1. The molecule has 1 saturated heterocycles. The lowest BCUT2D eigenvalue weighted by molar-refractivity contribution is 0.0337. The number of benzene rings is 3. The molecule has 1 aliphatic heterocycles. The van der Waals surface area contributed by atoms with E-state index in [9.17, 15) is 15.0 Å². The molecule has 0 atom stereocenters. The van der Waals surface area contributed by atoms with E-state index in [1.807, 2.05) is 24.3 Å². The molecule has 1 fully saturated rings. The van der Waals surface area contributed by atoms with Gasteiger partial charge < -0.3 is 24.8 Å². The average molecular weight is 560 g/mol. The number of hydrogen-bond acceptors (Lipinski definition) is 7. The summed E-state index contributed by atoms with van der Waals surface area (Å²) in [6.45, 7) is 9.40. The van der Waals surface area contributed by atoms with Crippen molar-refractivity contribution in [3.8, 4) is 45.1 Å². The highest BCUT2D eigenvalue weighted by Crippen LogP contribution is 2.44. The Morgan fingerprint density at radius 3 is 2.49 bits per heavy atom. The zero-order valence-electron chi connectivity index (χ0n) is 23.4. The van der Waals surface area contributed by atoms with Gasteiger partial charge >= 0.3 is 0 Å². The first kappa shape index (κ1) is 28.3. The molecule has 4 aromatic rings. The molecule has 2 heterocycles. The molecule has 1 aromatic heterocycles. The second-order valence-corrected chi connectivity index (χ2v) is 10.5. The van der Waals surface area contributed by atoms with Crippen LogP contribution in [-0.4, -0.2) is 59.0 Å². The number of aromatic hydroxyl groups is 2. The molecular formula is C32H34FN3O5. The maximum atomic E-state index is 15.4. The molecule has 214 valence electrons. The Hall–Kier alpha value is -4.21. The highest BCUT2D eigenvalue weighted by atomic mass is 19.1. The van der Waals surface area contributed by atoms with Crippen LogP contribution in [0.5, 0.6) is 11.5 Å². The molecule has 3 aromatic carbocycles. The quantitative estimate of drug-likeness (QED) is 0.246. The van der Waals surface area contributed by atoms with Crippen molar-refractivity contribution in [2.24, 2.45) is 0 Å². The summed E-state index contributed by atoms with van der Waals surface area (Å²) >= 11 is 0. The van der Waals surface area contributed by atoms with E-state index in [2.05, 4.69) is 29.2 Å². The van der Waals surface area contributed by atoms with Gasteiger partial charge in [0.05, 0.1) is 24.3 Å². The van der Waals surface area contributed by atoms with Gasteiger partial charge in [-0.25, -0.2) is 4.39 Å². The number of carbonyl (C=O) groups is 1. The number of amides is 1. The van der Waals surface area contributed by atoms with Gasteiger partial charge in [-0.2, -0.15) is 0 Å². The largest absolute Gasteiger partial charge is 0.507 e. The first-order valence-electron chi connectivity index (χ1n) is 13.8. The zero-order chi connectivity index (χ0) is 29.1. The Bertz CT molecular complexity index is 1560. The molecule has 0 aliphatic carbocycles. The van der Waals surface area contributed by atoms with Crippen LogP contribution in [0.3, 0.4) is 0 Å². The molecule has 3 N–H and O–H groups in total. The number of phenols is 2. The minimum Gasteiger partial charge on any atom is -0.507 e. The van der Waals surface area contributed by atoms with Gasteiger partial charge in [0, 0.05) is 43.4 Å². The summed E-state index contributed by atoms with van der Waals surface area (Å²) in [6, 6.07) is 15.4. The molecule has 1 amide bonds. The lowest BCUT2D eigenvalue weighted by atomic mass is 9.93. The monoisotopic (exact) mass is 559 g/mol. The SMILES string of the molecule is CCNC(=O)c1noc(-c2cc(-c3cccc(C(C)C)c3)c(O)cc2O)c1-c1ccc(CN2CCOCC2)c(F)c1. The Balaban J connectivity index is 1.61. The fourth-order valence-electron chi connectivity index (χ4n) is 5.03. The molecule has 0 spiro atoms. The third-order valence-corrected chi connectivity index (χ3v) is 7.31. The minimum atomic E-state index is -0.488. The normalized spacial score (nSPS) is 14.0. The summed E-state index contributed by atoms with van der Waals surface area (Å²) in [4.78, 5) is 15.1. The van der Waals surface area contributed by atoms with Crippen LogP contribution in [0.15, 0.2) is 59.1 Å². The average Bonchev–Trinajstić information content (AvgIpc) is 3.40. The maximum Gasteiger partial charge on any atom is 0.274 e. The van der Waals surface area contributed by atoms with Gasteiger partial charge in [0.2, 0.25) is 0 Å². The van der Waals surface area contributed by atoms with Crippen LogP contribution < -0.4 is 5.32 Å². The van der Waals surface area contributed by atoms with Gasteiger partial charge in [-0.1, -0.05) is 55.4 Å². The van der Waals surface area contributed by atoms with Gasteiger partial charge in [-0.3, -0.25) is 9.69 Å². The van der Waals surface area contributed by atoms with Crippen molar-refractivity contribution in [2.45, 2.75) is 33.2 Å². The molecule has 41 heavy (non-hydrogen) atoms. The summed E-state index contributed by atoms with van der Waals surface area (Å²) in [5.74, 6) is -0.936. The van der Waals surface area contributed by atoms with Crippen molar-refractivity contribution in [1.82, 2.24) is 15.4 Å². The molecule has 8 nitrogen and oxygen atoms in total. The van der Waals surface area contributed by atoms with E-state index in [0.717, 1.165) is 24.2 Å². The number of rotatable bonds is 8. The number of halogens is 1. The summed E-state index contributed by atoms with van der Waals surface area (Å²) in [5, 5.41) is 28.4. The summed E-state index contributed by atoms with van der Waals surface area (Å²) in [5.41, 5.74) is 3.63. The second-order valence-electron chi connectivity index (χ2n) is 10.5. The number of nitrogens with zero attached hydrogens (tertiary/aromatic N) is 2. The Morgan fingerprint density at radius 1 is 1.02 bits per heavy atom. The fourth-order valence-corrected chi connectivity index (χ4v) is 5.03. The maximum absolute atomic E-state index is 15.4. The summed E-state index contributed by atoms with van der Waals surface area (Å²) in [7, 11) is 0. The van der Waals surface area contributed by atoms with Crippen LogP contribution in [0, 0.1) is 5.82 Å². The van der Waals surface area contributed by atoms with Crippen LogP contribution in [0.25, 0.3) is 33.6 Å². The van der Waals surface area contributed by atoms with Crippen molar-refractivity contribution >= 4 is 5.91 Å². The smallest absolute Gasteiger partial charge is 0.274 e. The fraction of sp³-hybridized carbons (Fsp3) is 0.312. The van der Waals surface area contributed by atoms with Crippen LogP contribution in [0.1, 0.15) is 48.3 Å². The Morgan fingerprint density at radius 2 is 1.78 bits per heavy atom. The van der Waals surface area contributed by atoms with E-state index >= 15 is 4.39 Å². The molecular weight excluding hydrogens is 525 g/mol. The molecule has 9 heteroatoms.